The van der Waals surface area contributed by atoms with Crippen molar-refractivity contribution in [3.05, 3.63) is 78.2 Å². The summed E-state index contributed by atoms with van der Waals surface area (Å²) in [6.45, 7) is 0. The quantitative estimate of drug-likeness (QED) is 0.614. The van der Waals surface area contributed by atoms with Crippen LogP contribution in [0.4, 0.5) is 13.2 Å². The Hall–Kier alpha value is -2.62. The monoisotopic (exact) mass is 285 g/mol. The van der Waals surface area contributed by atoms with Crippen LogP contribution in [0.15, 0.2) is 60.8 Å². The molecule has 0 amide bonds. The van der Waals surface area contributed by atoms with Crippen molar-refractivity contribution in [1.29, 1.82) is 0 Å². The molecule has 3 rings (SSSR count). The number of nitrogens with zero attached hydrogens (tertiary/aromatic N) is 1. The maximum absolute atomic E-state index is 13.8. The first-order valence-electron chi connectivity index (χ1n) is 6.32. The third kappa shape index (κ3) is 2.52. The molecular weight excluding hydrogens is 275 g/mol. The second-order valence-corrected chi connectivity index (χ2v) is 4.52. The topological polar surface area (TPSA) is 12.9 Å². The Bertz CT molecular complexity index is 785. The van der Waals surface area contributed by atoms with E-state index in [2.05, 4.69) is 4.98 Å². The molecule has 104 valence electrons. The lowest BCUT2D eigenvalue weighted by Gasteiger charge is -2.07. The normalized spacial score (nSPS) is 10.6. The van der Waals surface area contributed by atoms with E-state index in [4.69, 9.17) is 0 Å². The van der Waals surface area contributed by atoms with Gasteiger partial charge in [-0.3, -0.25) is 4.98 Å². The second kappa shape index (κ2) is 5.40. The summed E-state index contributed by atoms with van der Waals surface area (Å²) in [6.07, 6.45) is 1.51. The molecule has 0 N–H and O–H groups in total. The van der Waals surface area contributed by atoms with Crippen molar-refractivity contribution in [3.8, 4) is 22.4 Å². The van der Waals surface area contributed by atoms with Gasteiger partial charge in [0.2, 0.25) is 0 Å². The highest BCUT2D eigenvalue weighted by atomic mass is 19.2. The average Bonchev–Trinajstić information content (AvgIpc) is 2.54. The minimum atomic E-state index is -1.49. The molecule has 0 aliphatic heterocycles. The predicted molar refractivity (Wildman–Crippen MR) is 75.0 cm³/mol. The molecule has 3 aromatic rings. The third-order valence-electron chi connectivity index (χ3n) is 3.18. The lowest BCUT2D eigenvalue weighted by molar-refractivity contribution is 0.449. The van der Waals surface area contributed by atoms with E-state index >= 15 is 0 Å². The zero-order valence-corrected chi connectivity index (χ0v) is 10.9. The molecule has 0 radical (unpaired) electrons. The van der Waals surface area contributed by atoms with Crippen LogP contribution in [0.5, 0.6) is 0 Å². The Morgan fingerprint density at radius 2 is 1.48 bits per heavy atom. The van der Waals surface area contributed by atoms with Crippen LogP contribution in [0, 0.1) is 17.5 Å². The van der Waals surface area contributed by atoms with E-state index in [9.17, 15) is 13.2 Å². The molecular formula is C17H10F3N. The van der Waals surface area contributed by atoms with Crippen molar-refractivity contribution in [2.24, 2.45) is 0 Å². The summed E-state index contributed by atoms with van der Waals surface area (Å²) in [5.74, 6) is -3.93. The fourth-order valence-electron chi connectivity index (χ4n) is 2.11. The summed E-state index contributed by atoms with van der Waals surface area (Å²) in [5, 5.41) is 0. The van der Waals surface area contributed by atoms with E-state index in [-0.39, 0.29) is 11.3 Å². The van der Waals surface area contributed by atoms with Gasteiger partial charge in [-0.1, -0.05) is 30.3 Å². The SMILES string of the molecule is Fc1ccc(-c2cc(-c3ccccc3)ccn2)c(F)c1F. The number of hydrogen-bond acceptors (Lipinski definition) is 1. The number of aromatic nitrogens is 1. The zero-order chi connectivity index (χ0) is 14.8. The van der Waals surface area contributed by atoms with Crippen molar-refractivity contribution in [2.45, 2.75) is 0 Å². The molecule has 0 bridgehead atoms. The Labute approximate surface area is 119 Å². The van der Waals surface area contributed by atoms with Crippen LogP contribution in [-0.2, 0) is 0 Å². The van der Waals surface area contributed by atoms with E-state index in [0.717, 1.165) is 17.2 Å². The predicted octanol–water partition coefficient (Wildman–Crippen LogP) is 4.83. The maximum Gasteiger partial charge on any atom is 0.195 e. The van der Waals surface area contributed by atoms with Gasteiger partial charge in [0.05, 0.1) is 5.69 Å². The average molecular weight is 285 g/mol. The standard InChI is InChI=1S/C17H10F3N/c18-14-7-6-13(16(19)17(14)20)15-10-12(8-9-21-15)11-4-2-1-3-5-11/h1-10H. The number of pyridine rings is 1. The minimum absolute atomic E-state index is 0.0633. The van der Waals surface area contributed by atoms with Crippen LogP contribution in [-0.4, -0.2) is 4.98 Å². The lowest BCUT2D eigenvalue weighted by Crippen LogP contribution is -1.95. The molecule has 0 aliphatic carbocycles. The van der Waals surface area contributed by atoms with Gasteiger partial charge in [0, 0.05) is 11.8 Å². The van der Waals surface area contributed by atoms with E-state index in [1.54, 1.807) is 12.1 Å². The van der Waals surface area contributed by atoms with Crippen molar-refractivity contribution in [2.75, 3.05) is 0 Å². The van der Waals surface area contributed by atoms with Crippen LogP contribution < -0.4 is 0 Å². The van der Waals surface area contributed by atoms with E-state index in [1.807, 2.05) is 30.3 Å². The lowest BCUT2D eigenvalue weighted by atomic mass is 10.0. The van der Waals surface area contributed by atoms with Gasteiger partial charge in [-0.25, -0.2) is 13.2 Å². The molecule has 1 aromatic heterocycles. The summed E-state index contributed by atoms with van der Waals surface area (Å²) in [5.41, 5.74) is 1.95. The summed E-state index contributed by atoms with van der Waals surface area (Å²) in [4.78, 5) is 4.04. The highest BCUT2D eigenvalue weighted by Crippen LogP contribution is 2.27. The van der Waals surface area contributed by atoms with Gasteiger partial charge in [-0.05, 0) is 35.4 Å². The minimum Gasteiger partial charge on any atom is -0.256 e. The maximum atomic E-state index is 13.8. The van der Waals surface area contributed by atoms with Gasteiger partial charge in [-0.2, -0.15) is 0 Å². The van der Waals surface area contributed by atoms with Gasteiger partial charge >= 0.3 is 0 Å². The van der Waals surface area contributed by atoms with E-state index in [0.29, 0.717) is 0 Å². The fraction of sp³-hybridized carbons (Fsp3) is 0. The number of benzene rings is 2. The molecule has 2 aromatic carbocycles. The van der Waals surface area contributed by atoms with Crippen LogP contribution in [0.2, 0.25) is 0 Å². The van der Waals surface area contributed by atoms with Crippen molar-refractivity contribution < 1.29 is 13.2 Å². The highest BCUT2D eigenvalue weighted by molar-refractivity contribution is 5.70. The molecule has 0 saturated heterocycles. The Morgan fingerprint density at radius 1 is 0.714 bits per heavy atom. The van der Waals surface area contributed by atoms with Gasteiger partial charge < -0.3 is 0 Å². The Balaban J connectivity index is 2.11. The second-order valence-electron chi connectivity index (χ2n) is 4.52. The summed E-state index contributed by atoms with van der Waals surface area (Å²) < 4.78 is 40.1. The van der Waals surface area contributed by atoms with Crippen LogP contribution >= 0.6 is 0 Å². The first-order valence-corrected chi connectivity index (χ1v) is 6.32. The molecule has 1 nitrogen and oxygen atoms in total. The summed E-state index contributed by atoms with van der Waals surface area (Å²) >= 11 is 0. The fourth-order valence-corrected chi connectivity index (χ4v) is 2.11. The number of halogens is 3. The van der Waals surface area contributed by atoms with Crippen molar-refractivity contribution in [3.63, 3.8) is 0 Å². The Kier molecular flexibility index (Phi) is 3.44. The molecule has 0 aliphatic rings. The summed E-state index contributed by atoms with van der Waals surface area (Å²) in [7, 11) is 0. The van der Waals surface area contributed by atoms with E-state index < -0.39 is 17.5 Å². The largest absolute Gasteiger partial charge is 0.256 e. The number of hydrogen-bond donors (Lipinski definition) is 0. The van der Waals surface area contributed by atoms with Crippen molar-refractivity contribution >= 4 is 0 Å². The molecule has 0 spiro atoms. The molecule has 4 heteroatoms. The van der Waals surface area contributed by atoms with Crippen molar-refractivity contribution in [1.82, 2.24) is 4.98 Å². The molecule has 0 saturated carbocycles. The van der Waals surface area contributed by atoms with Crippen LogP contribution in [0.25, 0.3) is 22.4 Å². The first-order chi connectivity index (χ1) is 10.2. The first kappa shape index (κ1) is 13.4. The van der Waals surface area contributed by atoms with Gasteiger partial charge in [-0.15, -0.1) is 0 Å². The van der Waals surface area contributed by atoms with Gasteiger partial charge in [0.25, 0.3) is 0 Å². The third-order valence-corrected chi connectivity index (χ3v) is 3.18. The highest BCUT2D eigenvalue weighted by Gasteiger charge is 2.15. The molecule has 0 atom stereocenters. The molecule has 1 heterocycles. The zero-order valence-electron chi connectivity index (χ0n) is 10.9. The summed E-state index contributed by atoms with van der Waals surface area (Å²) in [6, 6.07) is 15.0. The molecule has 0 fully saturated rings. The van der Waals surface area contributed by atoms with Crippen LogP contribution in [0.1, 0.15) is 0 Å². The number of rotatable bonds is 2. The van der Waals surface area contributed by atoms with Crippen LogP contribution in [0.3, 0.4) is 0 Å². The van der Waals surface area contributed by atoms with E-state index in [1.165, 1.54) is 12.3 Å². The Morgan fingerprint density at radius 3 is 2.24 bits per heavy atom. The molecule has 0 unspecified atom stereocenters. The molecule has 21 heavy (non-hydrogen) atoms. The van der Waals surface area contributed by atoms with Gasteiger partial charge in [0.15, 0.2) is 17.5 Å². The van der Waals surface area contributed by atoms with Gasteiger partial charge in [0.1, 0.15) is 0 Å². The smallest absolute Gasteiger partial charge is 0.195 e.